The van der Waals surface area contributed by atoms with Crippen molar-refractivity contribution in [2.75, 3.05) is 26.7 Å². The fourth-order valence-electron chi connectivity index (χ4n) is 2.37. The Morgan fingerprint density at radius 3 is 3.11 bits per heavy atom. The van der Waals surface area contributed by atoms with Gasteiger partial charge in [0.1, 0.15) is 5.82 Å². The fraction of sp³-hybridized carbons (Fsp3) is 0.385. The first-order valence-corrected chi connectivity index (χ1v) is 7.16. The number of H-pyrrole nitrogens is 1. The van der Waals surface area contributed by atoms with Crippen molar-refractivity contribution in [2.24, 2.45) is 0 Å². The number of carbonyl (C=O) groups is 1. The van der Waals surface area contributed by atoms with Crippen molar-refractivity contribution in [3.05, 3.63) is 40.6 Å². The van der Waals surface area contributed by atoms with Crippen molar-refractivity contribution >= 4 is 17.2 Å². The lowest BCUT2D eigenvalue weighted by Gasteiger charge is -2.38. The minimum absolute atomic E-state index is 0.125. The third-order valence-electron chi connectivity index (χ3n) is 3.50. The molecule has 1 saturated heterocycles. The summed E-state index contributed by atoms with van der Waals surface area (Å²) in [5.41, 5.74) is 0. The maximum Gasteiger partial charge on any atom is 0.264 e. The first kappa shape index (κ1) is 12.4. The zero-order valence-corrected chi connectivity index (χ0v) is 11.6. The number of hydrogen-bond acceptors (Lipinski definition) is 4. The van der Waals surface area contributed by atoms with E-state index in [4.69, 9.17) is 0 Å². The minimum atomic E-state index is 0.125. The highest BCUT2D eigenvalue weighted by Gasteiger charge is 2.30. The van der Waals surface area contributed by atoms with Crippen LogP contribution >= 0.6 is 11.3 Å². The molecule has 0 spiro atoms. The molecule has 1 N–H and O–H groups in total. The Hall–Kier alpha value is -1.66. The number of aromatic amines is 1. The molecule has 1 aliphatic rings. The topological polar surface area (TPSA) is 52.2 Å². The molecule has 1 fully saturated rings. The van der Waals surface area contributed by atoms with Gasteiger partial charge in [0.2, 0.25) is 0 Å². The van der Waals surface area contributed by atoms with Crippen LogP contribution in [-0.2, 0) is 0 Å². The molecule has 0 aliphatic carbocycles. The molecule has 100 valence electrons. The van der Waals surface area contributed by atoms with Gasteiger partial charge in [0.05, 0.1) is 10.9 Å². The van der Waals surface area contributed by atoms with Gasteiger partial charge in [-0.2, -0.15) is 0 Å². The summed E-state index contributed by atoms with van der Waals surface area (Å²) in [6.07, 6.45) is 3.58. The third kappa shape index (κ3) is 2.41. The molecule has 5 nitrogen and oxygen atoms in total. The number of amides is 1. The van der Waals surface area contributed by atoms with Crippen molar-refractivity contribution in [3.8, 4) is 0 Å². The van der Waals surface area contributed by atoms with Gasteiger partial charge in [-0.1, -0.05) is 6.07 Å². The van der Waals surface area contributed by atoms with Gasteiger partial charge in [-0.15, -0.1) is 11.3 Å². The SMILES string of the molecule is CN1CCN(C(=O)c2cccs2)C[C@H]1c1ncc[nH]1. The van der Waals surface area contributed by atoms with Crippen LogP contribution in [0.1, 0.15) is 21.5 Å². The van der Waals surface area contributed by atoms with E-state index in [1.807, 2.05) is 28.6 Å². The summed E-state index contributed by atoms with van der Waals surface area (Å²) in [6.45, 7) is 2.31. The van der Waals surface area contributed by atoms with Crippen LogP contribution in [0.4, 0.5) is 0 Å². The van der Waals surface area contributed by atoms with Crippen LogP contribution in [0, 0.1) is 0 Å². The van der Waals surface area contributed by atoms with Crippen LogP contribution in [0.2, 0.25) is 0 Å². The second kappa shape index (κ2) is 5.14. The van der Waals surface area contributed by atoms with Crippen molar-refractivity contribution < 1.29 is 4.79 Å². The lowest BCUT2D eigenvalue weighted by molar-refractivity contribution is 0.0539. The first-order valence-electron chi connectivity index (χ1n) is 6.28. The standard InChI is InChI=1S/C13H16N4OS/c1-16-6-7-17(13(18)11-3-2-8-19-11)9-10(16)12-14-4-5-15-12/h2-5,8,10H,6-7,9H2,1H3,(H,14,15)/t10-/m0/s1. The van der Waals surface area contributed by atoms with E-state index in [0.29, 0.717) is 6.54 Å². The van der Waals surface area contributed by atoms with Crippen molar-refractivity contribution in [1.82, 2.24) is 19.8 Å². The van der Waals surface area contributed by atoms with Crippen LogP contribution in [0.25, 0.3) is 0 Å². The number of imidazole rings is 1. The molecule has 19 heavy (non-hydrogen) atoms. The molecule has 1 atom stereocenters. The first-order chi connectivity index (χ1) is 9.25. The van der Waals surface area contributed by atoms with Gasteiger partial charge in [0.25, 0.3) is 5.91 Å². The van der Waals surface area contributed by atoms with Crippen molar-refractivity contribution in [2.45, 2.75) is 6.04 Å². The zero-order valence-electron chi connectivity index (χ0n) is 10.7. The Morgan fingerprint density at radius 1 is 1.53 bits per heavy atom. The highest BCUT2D eigenvalue weighted by molar-refractivity contribution is 7.12. The minimum Gasteiger partial charge on any atom is -0.347 e. The smallest absolute Gasteiger partial charge is 0.264 e. The maximum absolute atomic E-state index is 12.4. The summed E-state index contributed by atoms with van der Waals surface area (Å²) < 4.78 is 0. The second-order valence-corrected chi connectivity index (χ2v) is 5.65. The van der Waals surface area contributed by atoms with Gasteiger partial charge in [0, 0.05) is 32.0 Å². The normalized spacial score (nSPS) is 20.7. The average molecular weight is 276 g/mol. The molecular weight excluding hydrogens is 260 g/mol. The number of thiophene rings is 1. The molecule has 0 bridgehead atoms. The highest BCUT2D eigenvalue weighted by Crippen LogP contribution is 2.23. The monoisotopic (exact) mass is 276 g/mol. The van der Waals surface area contributed by atoms with Crippen LogP contribution in [0.15, 0.2) is 29.9 Å². The summed E-state index contributed by atoms with van der Waals surface area (Å²) in [4.78, 5) is 24.8. The molecule has 2 aromatic rings. The van der Waals surface area contributed by atoms with Gasteiger partial charge in [-0.25, -0.2) is 4.98 Å². The number of likely N-dealkylation sites (N-methyl/N-ethyl adjacent to an activating group) is 1. The number of piperazine rings is 1. The van der Waals surface area contributed by atoms with Crippen molar-refractivity contribution in [3.63, 3.8) is 0 Å². The Kier molecular flexibility index (Phi) is 3.35. The molecule has 0 saturated carbocycles. The fourth-order valence-corrected chi connectivity index (χ4v) is 3.06. The summed E-state index contributed by atoms with van der Waals surface area (Å²) in [6, 6.07) is 3.94. The number of carbonyl (C=O) groups excluding carboxylic acids is 1. The molecular formula is C13H16N4OS. The van der Waals surface area contributed by atoms with Gasteiger partial charge in [-0.3, -0.25) is 9.69 Å². The van der Waals surface area contributed by atoms with Crippen molar-refractivity contribution in [1.29, 1.82) is 0 Å². The molecule has 1 amide bonds. The Labute approximate surface area is 115 Å². The van der Waals surface area contributed by atoms with Gasteiger partial charge < -0.3 is 9.88 Å². The molecule has 1 aliphatic heterocycles. The predicted octanol–water partition coefficient (Wildman–Crippen LogP) is 1.60. The molecule has 0 unspecified atom stereocenters. The van der Waals surface area contributed by atoms with E-state index in [9.17, 15) is 4.79 Å². The Bertz CT molecular complexity index is 537. The molecule has 3 rings (SSSR count). The second-order valence-electron chi connectivity index (χ2n) is 4.70. The predicted molar refractivity (Wildman–Crippen MR) is 74.2 cm³/mol. The number of rotatable bonds is 2. The molecule has 3 heterocycles. The summed E-state index contributed by atoms with van der Waals surface area (Å²) in [7, 11) is 2.07. The van der Waals surface area contributed by atoms with Gasteiger partial charge in [-0.05, 0) is 18.5 Å². The Balaban J connectivity index is 1.77. The van der Waals surface area contributed by atoms with Gasteiger partial charge in [0.15, 0.2) is 0 Å². The van der Waals surface area contributed by atoms with E-state index >= 15 is 0 Å². The highest BCUT2D eigenvalue weighted by atomic mass is 32.1. The molecule has 0 aromatic carbocycles. The Morgan fingerprint density at radius 2 is 2.42 bits per heavy atom. The summed E-state index contributed by atoms with van der Waals surface area (Å²) in [5.74, 6) is 1.05. The number of nitrogens with one attached hydrogen (secondary N) is 1. The van der Waals surface area contributed by atoms with E-state index in [2.05, 4.69) is 21.9 Å². The van der Waals surface area contributed by atoms with E-state index in [1.165, 1.54) is 11.3 Å². The van der Waals surface area contributed by atoms with E-state index in [0.717, 1.165) is 23.8 Å². The summed E-state index contributed by atoms with van der Waals surface area (Å²) >= 11 is 1.50. The molecule has 2 aromatic heterocycles. The lowest BCUT2D eigenvalue weighted by Crippen LogP contribution is -2.49. The van der Waals surface area contributed by atoms with Crippen LogP contribution in [-0.4, -0.2) is 52.4 Å². The number of hydrogen-bond donors (Lipinski definition) is 1. The molecule has 6 heteroatoms. The van der Waals surface area contributed by atoms with Gasteiger partial charge >= 0.3 is 0 Å². The van der Waals surface area contributed by atoms with Crippen LogP contribution in [0.5, 0.6) is 0 Å². The van der Waals surface area contributed by atoms with Crippen LogP contribution in [0.3, 0.4) is 0 Å². The number of nitrogens with zero attached hydrogens (tertiary/aromatic N) is 3. The lowest BCUT2D eigenvalue weighted by atomic mass is 10.1. The quantitative estimate of drug-likeness (QED) is 0.906. The van der Waals surface area contributed by atoms with E-state index < -0.39 is 0 Å². The van der Waals surface area contributed by atoms with E-state index in [1.54, 1.807) is 6.20 Å². The average Bonchev–Trinajstić information content (AvgIpc) is 3.12. The van der Waals surface area contributed by atoms with Crippen LogP contribution < -0.4 is 0 Å². The molecule has 0 radical (unpaired) electrons. The summed E-state index contributed by atoms with van der Waals surface area (Å²) in [5, 5.41) is 1.94. The largest absolute Gasteiger partial charge is 0.347 e. The zero-order chi connectivity index (χ0) is 13.2. The number of aromatic nitrogens is 2. The van der Waals surface area contributed by atoms with E-state index in [-0.39, 0.29) is 11.9 Å². The third-order valence-corrected chi connectivity index (χ3v) is 4.36. The maximum atomic E-state index is 12.4.